The fourth-order valence-electron chi connectivity index (χ4n) is 2.34. The number of hydrogen-bond donors (Lipinski definition) is 1. The number of imidazole rings is 1. The normalized spacial score (nSPS) is 11.4. The number of aliphatic hydroxyl groups is 1. The van der Waals surface area contributed by atoms with Crippen molar-refractivity contribution in [2.75, 3.05) is 0 Å². The Labute approximate surface area is 128 Å². The minimum atomic E-state index is -0.0542. The number of nitrogens with zero attached hydrogens (tertiary/aromatic N) is 3. The Morgan fingerprint density at radius 3 is 2.67 bits per heavy atom. The van der Waals surface area contributed by atoms with Crippen LogP contribution in [0.25, 0.3) is 16.2 Å². The molecule has 0 aliphatic heterocycles. The van der Waals surface area contributed by atoms with Gasteiger partial charge >= 0.3 is 0 Å². The van der Waals surface area contributed by atoms with Gasteiger partial charge in [-0.15, -0.1) is 0 Å². The molecule has 0 radical (unpaired) electrons. The van der Waals surface area contributed by atoms with Crippen molar-refractivity contribution in [2.24, 2.45) is 0 Å². The Hall–Kier alpha value is -1.72. The lowest BCUT2D eigenvalue weighted by Gasteiger charge is -2.01. The summed E-state index contributed by atoms with van der Waals surface area (Å²) >= 11 is 1.62. The Balaban J connectivity index is 2.03. The Bertz CT molecular complexity index is 743. The number of aliphatic hydroxyl groups excluding tert-OH is 1. The minimum absolute atomic E-state index is 0.0542. The Morgan fingerprint density at radius 1 is 1.24 bits per heavy atom. The highest BCUT2D eigenvalue weighted by atomic mass is 32.1. The van der Waals surface area contributed by atoms with Gasteiger partial charge in [0.25, 0.3) is 0 Å². The van der Waals surface area contributed by atoms with Gasteiger partial charge in [-0.25, -0.2) is 9.50 Å². The van der Waals surface area contributed by atoms with Crippen LogP contribution in [-0.4, -0.2) is 19.7 Å². The summed E-state index contributed by atoms with van der Waals surface area (Å²) in [6.07, 6.45) is 3.27. The summed E-state index contributed by atoms with van der Waals surface area (Å²) in [5.74, 6) is 0. The van der Waals surface area contributed by atoms with E-state index in [-0.39, 0.29) is 6.61 Å². The van der Waals surface area contributed by atoms with E-state index in [4.69, 9.17) is 0 Å². The molecule has 0 amide bonds. The van der Waals surface area contributed by atoms with Gasteiger partial charge in [-0.1, -0.05) is 54.5 Å². The van der Waals surface area contributed by atoms with Crippen LogP contribution in [0.1, 0.15) is 36.0 Å². The lowest BCUT2D eigenvalue weighted by molar-refractivity contribution is 0.275. The molecule has 3 aromatic rings. The fraction of sp³-hybridized carbons (Fsp3) is 0.375. The number of aryl methyl sites for hydroxylation is 2. The minimum Gasteiger partial charge on any atom is -0.390 e. The standard InChI is InChI=1S/C16H19N3OS/c1-3-4-5-14-18-19-13(10-20)15(17-16(19)21-14)12-8-6-11(2)7-9-12/h6-9,20H,3-5,10H2,1-2H3. The van der Waals surface area contributed by atoms with Crippen LogP contribution in [0.3, 0.4) is 0 Å². The smallest absolute Gasteiger partial charge is 0.213 e. The molecule has 2 heterocycles. The molecule has 0 bridgehead atoms. The molecule has 1 N–H and O–H groups in total. The number of hydrogen-bond acceptors (Lipinski definition) is 4. The van der Waals surface area contributed by atoms with E-state index >= 15 is 0 Å². The van der Waals surface area contributed by atoms with Crippen molar-refractivity contribution in [1.82, 2.24) is 14.6 Å². The van der Waals surface area contributed by atoms with E-state index in [2.05, 4.69) is 36.1 Å². The van der Waals surface area contributed by atoms with Gasteiger partial charge < -0.3 is 5.11 Å². The maximum absolute atomic E-state index is 9.71. The van der Waals surface area contributed by atoms with E-state index in [1.165, 1.54) is 5.56 Å². The predicted octanol–water partition coefficient (Wildman–Crippen LogP) is 3.60. The average Bonchev–Trinajstić information content (AvgIpc) is 3.02. The van der Waals surface area contributed by atoms with Gasteiger partial charge in [0.1, 0.15) is 5.01 Å². The first-order chi connectivity index (χ1) is 10.2. The molecule has 21 heavy (non-hydrogen) atoms. The van der Waals surface area contributed by atoms with Gasteiger partial charge in [-0.3, -0.25) is 0 Å². The first-order valence-electron chi connectivity index (χ1n) is 7.28. The van der Waals surface area contributed by atoms with Crippen molar-refractivity contribution in [2.45, 2.75) is 39.7 Å². The maximum Gasteiger partial charge on any atom is 0.213 e. The number of unbranched alkanes of at least 4 members (excludes halogenated alkanes) is 1. The van der Waals surface area contributed by atoms with Crippen LogP contribution in [0, 0.1) is 6.92 Å². The van der Waals surface area contributed by atoms with Crippen molar-refractivity contribution >= 4 is 16.3 Å². The van der Waals surface area contributed by atoms with Crippen LogP contribution in [0.2, 0.25) is 0 Å². The molecule has 0 saturated carbocycles. The van der Waals surface area contributed by atoms with Gasteiger partial charge in [0.05, 0.1) is 18.0 Å². The monoisotopic (exact) mass is 301 g/mol. The van der Waals surface area contributed by atoms with E-state index in [0.29, 0.717) is 0 Å². The highest BCUT2D eigenvalue weighted by Gasteiger charge is 2.17. The van der Waals surface area contributed by atoms with Gasteiger partial charge in [-0.2, -0.15) is 5.10 Å². The molecule has 0 aliphatic rings. The average molecular weight is 301 g/mol. The Morgan fingerprint density at radius 2 is 2.00 bits per heavy atom. The van der Waals surface area contributed by atoms with Gasteiger partial charge in [0.15, 0.2) is 0 Å². The summed E-state index contributed by atoms with van der Waals surface area (Å²) in [6, 6.07) is 8.20. The molecule has 0 saturated heterocycles. The molecule has 0 aliphatic carbocycles. The van der Waals surface area contributed by atoms with Crippen LogP contribution in [-0.2, 0) is 13.0 Å². The van der Waals surface area contributed by atoms with Crippen LogP contribution < -0.4 is 0 Å². The van der Waals surface area contributed by atoms with Crippen molar-refractivity contribution in [3.8, 4) is 11.3 Å². The lowest BCUT2D eigenvalue weighted by atomic mass is 10.1. The lowest BCUT2D eigenvalue weighted by Crippen LogP contribution is -1.97. The van der Waals surface area contributed by atoms with Gasteiger partial charge in [-0.05, 0) is 13.3 Å². The molecular weight excluding hydrogens is 282 g/mol. The summed E-state index contributed by atoms with van der Waals surface area (Å²) in [4.78, 5) is 5.53. The zero-order valence-corrected chi connectivity index (χ0v) is 13.2. The van der Waals surface area contributed by atoms with Crippen molar-refractivity contribution in [1.29, 1.82) is 0 Å². The molecule has 2 aromatic heterocycles. The molecule has 0 unspecified atom stereocenters. The molecule has 4 nitrogen and oxygen atoms in total. The van der Waals surface area contributed by atoms with E-state index in [9.17, 15) is 5.11 Å². The van der Waals surface area contributed by atoms with Crippen molar-refractivity contribution in [3.05, 3.63) is 40.5 Å². The number of rotatable bonds is 5. The van der Waals surface area contributed by atoms with Crippen molar-refractivity contribution < 1.29 is 5.11 Å². The number of benzene rings is 1. The molecule has 110 valence electrons. The Kier molecular flexibility index (Phi) is 4.03. The third kappa shape index (κ3) is 2.71. The van der Waals surface area contributed by atoms with Crippen LogP contribution in [0.15, 0.2) is 24.3 Å². The van der Waals surface area contributed by atoms with Crippen LogP contribution >= 0.6 is 11.3 Å². The maximum atomic E-state index is 9.71. The third-order valence-electron chi connectivity index (χ3n) is 3.56. The molecule has 0 spiro atoms. The number of aromatic nitrogens is 3. The highest BCUT2D eigenvalue weighted by molar-refractivity contribution is 7.16. The van der Waals surface area contributed by atoms with Gasteiger partial charge in [0.2, 0.25) is 4.96 Å². The third-order valence-corrected chi connectivity index (χ3v) is 4.53. The molecule has 0 fully saturated rings. The fourth-order valence-corrected chi connectivity index (χ4v) is 3.30. The summed E-state index contributed by atoms with van der Waals surface area (Å²) in [5.41, 5.74) is 3.84. The summed E-state index contributed by atoms with van der Waals surface area (Å²) in [7, 11) is 0. The summed E-state index contributed by atoms with van der Waals surface area (Å²) in [5, 5.41) is 15.4. The summed E-state index contributed by atoms with van der Waals surface area (Å²) in [6.45, 7) is 4.18. The first kappa shape index (κ1) is 14.2. The quantitative estimate of drug-likeness (QED) is 0.783. The van der Waals surface area contributed by atoms with E-state index in [1.54, 1.807) is 15.9 Å². The van der Waals surface area contributed by atoms with Crippen LogP contribution in [0.4, 0.5) is 0 Å². The second-order valence-corrected chi connectivity index (χ2v) is 6.27. The molecule has 3 rings (SSSR count). The van der Waals surface area contributed by atoms with Crippen LogP contribution in [0.5, 0.6) is 0 Å². The predicted molar refractivity (Wildman–Crippen MR) is 85.6 cm³/mol. The molecule has 0 atom stereocenters. The van der Waals surface area contributed by atoms with E-state index in [1.807, 2.05) is 12.1 Å². The second-order valence-electron chi connectivity index (χ2n) is 5.22. The first-order valence-corrected chi connectivity index (χ1v) is 8.09. The van der Waals surface area contributed by atoms with Crippen molar-refractivity contribution in [3.63, 3.8) is 0 Å². The molecule has 1 aromatic carbocycles. The zero-order valence-electron chi connectivity index (χ0n) is 12.3. The SMILES string of the molecule is CCCCc1nn2c(CO)c(-c3ccc(C)cc3)nc2s1. The van der Waals surface area contributed by atoms with Gasteiger partial charge in [0, 0.05) is 12.0 Å². The van der Waals surface area contributed by atoms with E-state index < -0.39 is 0 Å². The zero-order chi connectivity index (χ0) is 14.8. The second kappa shape index (κ2) is 5.95. The van der Waals surface area contributed by atoms with E-state index in [0.717, 1.165) is 46.2 Å². The summed E-state index contributed by atoms with van der Waals surface area (Å²) < 4.78 is 1.80. The topological polar surface area (TPSA) is 50.4 Å². The molecular formula is C16H19N3OS. The number of fused-ring (bicyclic) bond motifs is 1. The molecule has 5 heteroatoms. The largest absolute Gasteiger partial charge is 0.390 e. The highest BCUT2D eigenvalue weighted by Crippen LogP contribution is 2.27.